The lowest BCUT2D eigenvalue weighted by Crippen LogP contribution is -2.12. The quantitative estimate of drug-likeness (QED) is 0.180. The molecule has 2 aromatic heterocycles. The Balaban J connectivity index is 0.000000188. The molecule has 0 aliphatic carbocycles. The number of benzene rings is 4. The van der Waals surface area contributed by atoms with Crippen LogP contribution in [0.2, 0.25) is 0 Å². The molecule has 2 heterocycles. The summed E-state index contributed by atoms with van der Waals surface area (Å²) >= 11 is 0. The average Bonchev–Trinajstić information content (AvgIpc) is 3.69. The van der Waals surface area contributed by atoms with Crippen molar-refractivity contribution in [1.82, 2.24) is 7.94 Å². The van der Waals surface area contributed by atoms with Gasteiger partial charge in [-0.1, -0.05) is 59.7 Å². The van der Waals surface area contributed by atoms with Crippen LogP contribution < -0.4 is 0 Å². The van der Waals surface area contributed by atoms with E-state index in [2.05, 4.69) is 0 Å². The Morgan fingerprint density at radius 3 is 1.44 bits per heavy atom. The molecule has 0 fully saturated rings. The van der Waals surface area contributed by atoms with Gasteiger partial charge in [0.2, 0.25) is 0 Å². The van der Waals surface area contributed by atoms with Crippen molar-refractivity contribution in [3.8, 4) is 0 Å². The molecule has 0 saturated heterocycles. The molecular weight excluding hydrogens is 653 g/mol. The molecule has 1 N–H and O–H groups in total. The highest BCUT2D eigenvalue weighted by Gasteiger charge is 2.21. The van der Waals surface area contributed by atoms with Crippen LogP contribution in [-0.4, -0.2) is 48.4 Å². The van der Waals surface area contributed by atoms with E-state index in [1.54, 1.807) is 97.9 Å². The van der Waals surface area contributed by atoms with Gasteiger partial charge in [-0.25, -0.2) is 24.8 Å². The molecule has 0 aliphatic heterocycles. The predicted octanol–water partition coefficient (Wildman–Crippen LogP) is 6.11. The van der Waals surface area contributed by atoms with E-state index in [1.807, 2.05) is 19.9 Å². The van der Waals surface area contributed by atoms with Crippen LogP contribution in [0, 0.1) is 13.8 Å². The molecule has 248 valence electrons. The topological polar surface area (TPSA) is 142 Å². The Morgan fingerprint density at radius 2 is 1.04 bits per heavy atom. The summed E-state index contributed by atoms with van der Waals surface area (Å²) in [6.07, 6.45) is 2.95. The second-order valence-corrected chi connectivity index (χ2v) is 14.7. The summed E-state index contributed by atoms with van der Waals surface area (Å²) in [6.45, 7) is 5.86. The van der Waals surface area contributed by atoms with E-state index in [1.165, 1.54) is 20.3 Å². The molecule has 48 heavy (non-hydrogen) atoms. The van der Waals surface area contributed by atoms with Crippen LogP contribution >= 0.6 is 0 Å². The first-order valence-electron chi connectivity index (χ1n) is 15.0. The van der Waals surface area contributed by atoms with Gasteiger partial charge in [0.05, 0.1) is 40.3 Å². The van der Waals surface area contributed by atoms with Crippen molar-refractivity contribution in [2.75, 3.05) is 6.61 Å². The first-order valence-corrected chi connectivity index (χ1v) is 17.9. The molecule has 6 aromatic rings. The maximum atomic E-state index is 12.9. The first kappa shape index (κ1) is 34.1. The Hall–Kier alpha value is -5.20. The third-order valence-corrected chi connectivity index (χ3v) is 11.1. The SMILES string of the molecule is CCOC(=O)Cc1cccc2c1ccn2S(=O)(=O)c1ccc(C)cc1.Cc1ccc(S(=O)(=O)n2ccc3c(CC(=O)O)cccc32)cc1. The number of carbonyl (C=O) groups excluding carboxylic acids is 1. The molecular formula is C36H34N2O8S2. The number of rotatable bonds is 9. The summed E-state index contributed by atoms with van der Waals surface area (Å²) in [6, 6.07) is 27.0. The number of nitrogens with zero attached hydrogens (tertiary/aromatic N) is 2. The minimum atomic E-state index is -3.71. The Labute approximate surface area is 278 Å². The van der Waals surface area contributed by atoms with Crippen LogP contribution in [0.5, 0.6) is 0 Å². The van der Waals surface area contributed by atoms with Gasteiger partial charge >= 0.3 is 11.9 Å². The van der Waals surface area contributed by atoms with Gasteiger partial charge in [-0.15, -0.1) is 0 Å². The number of carbonyl (C=O) groups is 2. The number of esters is 1. The highest BCUT2D eigenvalue weighted by molar-refractivity contribution is 7.90. The zero-order valence-electron chi connectivity index (χ0n) is 26.5. The zero-order chi connectivity index (χ0) is 34.6. The van der Waals surface area contributed by atoms with Gasteiger partial charge < -0.3 is 9.84 Å². The molecule has 12 heteroatoms. The Kier molecular flexibility index (Phi) is 9.87. The standard InChI is InChI=1S/C19H19NO4S.C17H15NO4S/c1-3-24-19(21)13-15-5-4-6-18-17(15)11-12-20(18)25(22,23)16-9-7-14(2)8-10-16;1-12-5-7-14(8-6-12)23(21,22)18-10-9-15-13(11-17(19)20)3-2-4-16(15)18/h4-12H,3,13H2,1-2H3;2-10H,11H2,1H3,(H,19,20). The summed E-state index contributed by atoms with van der Waals surface area (Å²) in [5.41, 5.74) is 4.33. The summed E-state index contributed by atoms with van der Waals surface area (Å²) in [7, 11) is -7.41. The minimum Gasteiger partial charge on any atom is -0.481 e. The molecule has 0 saturated carbocycles. The maximum Gasteiger partial charge on any atom is 0.310 e. The van der Waals surface area contributed by atoms with Crippen molar-refractivity contribution in [1.29, 1.82) is 0 Å². The van der Waals surface area contributed by atoms with Crippen molar-refractivity contribution in [3.63, 3.8) is 0 Å². The molecule has 0 amide bonds. The number of carboxylic acids is 1. The molecule has 0 radical (unpaired) electrons. The van der Waals surface area contributed by atoms with Crippen molar-refractivity contribution < 1.29 is 36.3 Å². The van der Waals surface area contributed by atoms with Gasteiger partial charge in [-0.05, 0) is 80.4 Å². The lowest BCUT2D eigenvalue weighted by molar-refractivity contribution is -0.142. The number of carboxylic acid groups (broad SMARTS) is 1. The van der Waals surface area contributed by atoms with Crippen LogP contribution in [0.25, 0.3) is 21.8 Å². The van der Waals surface area contributed by atoms with Crippen molar-refractivity contribution in [3.05, 3.63) is 132 Å². The number of ether oxygens (including phenoxy) is 1. The second-order valence-electron chi connectivity index (χ2n) is 11.1. The fourth-order valence-electron chi connectivity index (χ4n) is 5.32. The smallest absolute Gasteiger partial charge is 0.310 e. The van der Waals surface area contributed by atoms with Gasteiger partial charge in [0.15, 0.2) is 0 Å². The van der Waals surface area contributed by atoms with Crippen LogP contribution in [0.15, 0.2) is 119 Å². The third kappa shape index (κ3) is 7.04. The number of aliphatic carboxylic acids is 1. The average molecular weight is 687 g/mol. The maximum absolute atomic E-state index is 12.9. The zero-order valence-corrected chi connectivity index (χ0v) is 28.2. The Bertz CT molecular complexity index is 2340. The number of aryl methyl sites for hydroxylation is 2. The van der Waals surface area contributed by atoms with E-state index in [-0.39, 0.29) is 28.6 Å². The summed E-state index contributed by atoms with van der Waals surface area (Å²) in [4.78, 5) is 23.1. The minimum absolute atomic E-state index is 0.111. The monoisotopic (exact) mass is 686 g/mol. The van der Waals surface area contributed by atoms with E-state index < -0.39 is 26.0 Å². The van der Waals surface area contributed by atoms with Crippen molar-refractivity contribution in [2.45, 2.75) is 43.4 Å². The van der Waals surface area contributed by atoms with E-state index in [9.17, 15) is 26.4 Å². The highest BCUT2D eigenvalue weighted by atomic mass is 32.2. The fraction of sp³-hybridized carbons (Fsp3) is 0.167. The summed E-state index contributed by atoms with van der Waals surface area (Å²) in [5, 5.41) is 10.3. The molecule has 6 rings (SSSR count). The molecule has 0 atom stereocenters. The van der Waals surface area contributed by atoms with Crippen molar-refractivity contribution >= 4 is 53.8 Å². The molecule has 10 nitrogen and oxygen atoms in total. The lowest BCUT2D eigenvalue weighted by Gasteiger charge is -2.09. The van der Waals surface area contributed by atoms with Crippen LogP contribution in [0.3, 0.4) is 0 Å². The largest absolute Gasteiger partial charge is 0.481 e. The van der Waals surface area contributed by atoms with E-state index in [4.69, 9.17) is 9.84 Å². The van der Waals surface area contributed by atoms with Crippen molar-refractivity contribution in [2.24, 2.45) is 0 Å². The molecule has 0 unspecified atom stereocenters. The van der Waals surface area contributed by atoms with Crippen LogP contribution in [0.1, 0.15) is 29.2 Å². The molecule has 0 bridgehead atoms. The van der Waals surface area contributed by atoms with E-state index in [0.717, 1.165) is 22.1 Å². The second kappa shape index (κ2) is 13.9. The Morgan fingerprint density at radius 1 is 0.625 bits per heavy atom. The number of hydrogen-bond donors (Lipinski definition) is 1. The van der Waals surface area contributed by atoms with Gasteiger partial charge in [0.25, 0.3) is 20.0 Å². The van der Waals surface area contributed by atoms with Gasteiger partial charge in [0.1, 0.15) is 0 Å². The van der Waals surface area contributed by atoms with E-state index >= 15 is 0 Å². The normalized spacial score (nSPS) is 11.6. The first-order chi connectivity index (χ1) is 22.8. The number of fused-ring (bicyclic) bond motifs is 2. The third-order valence-electron chi connectivity index (χ3n) is 7.71. The van der Waals surface area contributed by atoms with Crippen LogP contribution in [0.4, 0.5) is 0 Å². The summed E-state index contributed by atoms with van der Waals surface area (Å²) in [5.74, 6) is -1.28. The van der Waals surface area contributed by atoms with Gasteiger partial charge in [-0.3, -0.25) is 9.59 Å². The van der Waals surface area contributed by atoms with E-state index in [0.29, 0.717) is 28.6 Å². The molecule has 0 aliphatic rings. The predicted molar refractivity (Wildman–Crippen MR) is 183 cm³/mol. The van der Waals surface area contributed by atoms with Gasteiger partial charge in [0, 0.05) is 23.2 Å². The van der Waals surface area contributed by atoms with Crippen LogP contribution in [-0.2, 0) is 47.2 Å². The molecule has 0 spiro atoms. The highest BCUT2D eigenvalue weighted by Crippen LogP contribution is 2.27. The number of hydrogen-bond acceptors (Lipinski definition) is 7. The number of aromatic nitrogens is 2. The van der Waals surface area contributed by atoms with Gasteiger partial charge in [-0.2, -0.15) is 0 Å². The lowest BCUT2D eigenvalue weighted by atomic mass is 10.1. The fourth-order valence-corrected chi connectivity index (χ4v) is 8.01. The molecule has 4 aromatic carbocycles. The summed E-state index contributed by atoms with van der Waals surface area (Å²) < 4.78 is 58.9.